The highest BCUT2D eigenvalue weighted by atomic mass is 79.9. The number of benzene rings is 1. The normalized spacial score (nSPS) is 10.2. The highest BCUT2D eigenvalue weighted by Gasteiger charge is 2.14. The van der Waals surface area contributed by atoms with Crippen molar-refractivity contribution in [1.29, 1.82) is 5.26 Å². The van der Waals surface area contributed by atoms with Gasteiger partial charge in [-0.1, -0.05) is 15.9 Å². The van der Waals surface area contributed by atoms with Crippen LogP contribution < -0.4 is 5.73 Å². The van der Waals surface area contributed by atoms with Crippen molar-refractivity contribution in [2.75, 3.05) is 5.73 Å². The second-order valence-electron chi connectivity index (χ2n) is 3.19. The van der Waals surface area contributed by atoms with Gasteiger partial charge in [0.15, 0.2) is 0 Å². The largest absolute Gasteiger partial charge is 0.382 e. The molecular formula is C10H5Br3N4. The van der Waals surface area contributed by atoms with Crippen molar-refractivity contribution >= 4 is 53.6 Å². The Morgan fingerprint density at radius 3 is 2.29 bits per heavy atom. The molecule has 0 spiro atoms. The van der Waals surface area contributed by atoms with Gasteiger partial charge in [-0.25, -0.2) is 4.68 Å². The summed E-state index contributed by atoms with van der Waals surface area (Å²) in [5.74, 6) is 0.316. The average molecular weight is 421 g/mol. The molecular weight excluding hydrogens is 416 g/mol. The molecule has 1 aromatic heterocycles. The molecule has 2 aromatic rings. The number of nitrogen functional groups attached to an aromatic ring is 1. The standard InChI is InChI=1S/C10H5Br3N4/c11-6-1-7(12)9(8(13)2-6)17-10(15)5(3-14)4-16-17/h1-2,4H,15H2. The number of hydrogen-bond acceptors (Lipinski definition) is 3. The van der Waals surface area contributed by atoms with E-state index in [0.717, 1.165) is 19.1 Å². The molecule has 17 heavy (non-hydrogen) atoms. The molecule has 2 N–H and O–H groups in total. The van der Waals surface area contributed by atoms with Crippen LogP contribution in [0, 0.1) is 11.3 Å². The molecule has 0 aliphatic carbocycles. The first kappa shape index (κ1) is 12.6. The van der Waals surface area contributed by atoms with E-state index in [0.29, 0.717) is 11.4 Å². The molecule has 0 radical (unpaired) electrons. The fourth-order valence-electron chi connectivity index (χ4n) is 1.36. The fourth-order valence-corrected chi connectivity index (χ4v) is 3.95. The predicted molar refractivity (Wildman–Crippen MR) is 75.8 cm³/mol. The zero-order chi connectivity index (χ0) is 12.6. The Hall–Kier alpha value is -0.840. The summed E-state index contributed by atoms with van der Waals surface area (Å²) in [6, 6.07) is 5.75. The van der Waals surface area contributed by atoms with Crippen LogP contribution in [0.25, 0.3) is 5.69 Å². The Morgan fingerprint density at radius 2 is 1.82 bits per heavy atom. The number of rotatable bonds is 1. The number of nitriles is 1. The van der Waals surface area contributed by atoms with E-state index in [4.69, 9.17) is 11.0 Å². The first-order chi connectivity index (χ1) is 8.04. The van der Waals surface area contributed by atoms with Gasteiger partial charge < -0.3 is 5.73 Å². The molecule has 0 fully saturated rings. The van der Waals surface area contributed by atoms with Gasteiger partial charge in [-0.2, -0.15) is 10.4 Å². The Morgan fingerprint density at radius 1 is 1.24 bits per heavy atom. The van der Waals surface area contributed by atoms with Crippen molar-refractivity contribution in [1.82, 2.24) is 9.78 Å². The third-order valence-corrected chi connectivity index (χ3v) is 3.79. The minimum Gasteiger partial charge on any atom is -0.382 e. The van der Waals surface area contributed by atoms with E-state index in [2.05, 4.69) is 52.9 Å². The maximum Gasteiger partial charge on any atom is 0.145 e. The van der Waals surface area contributed by atoms with E-state index in [1.165, 1.54) is 10.9 Å². The SMILES string of the molecule is N#Cc1cnn(-c2c(Br)cc(Br)cc2Br)c1N. The van der Waals surface area contributed by atoms with Crippen LogP contribution in [0.2, 0.25) is 0 Å². The summed E-state index contributed by atoms with van der Waals surface area (Å²) in [6.45, 7) is 0. The summed E-state index contributed by atoms with van der Waals surface area (Å²) in [5.41, 5.74) is 6.96. The van der Waals surface area contributed by atoms with Gasteiger partial charge in [-0.15, -0.1) is 0 Å². The lowest BCUT2D eigenvalue weighted by atomic mass is 10.3. The Kier molecular flexibility index (Phi) is 3.56. The highest BCUT2D eigenvalue weighted by Crippen LogP contribution is 2.34. The molecule has 0 saturated heterocycles. The lowest BCUT2D eigenvalue weighted by Crippen LogP contribution is -2.04. The van der Waals surface area contributed by atoms with Gasteiger partial charge in [0.05, 0.1) is 11.9 Å². The maximum absolute atomic E-state index is 8.85. The van der Waals surface area contributed by atoms with E-state index >= 15 is 0 Å². The molecule has 0 atom stereocenters. The summed E-state index contributed by atoms with van der Waals surface area (Å²) in [7, 11) is 0. The summed E-state index contributed by atoms with van der Waals surface area (Å²) in [5, 5.41) is 12.9. The molecule has 0 aliphatic heterocycles. The Bertz CT molecular complexity index is 604. The minimum absolute atomic E-state index is 0.316. The van der Waals surface area contributed by atoms with E-state index < -0.39 is 0 Å². The summed E-state index contributed by atoms with van der Waals surface area (Å²) < 4.78 is 4.07. The topological polar surface area (TPSA) is 67.6 Å². The van der Waals surface area contributed by atoms with Gasteiger partial charge in [-0.3, -0.25) is 0 Å². The maximum atomic E-state index is 8.85. The molecule has 86 valence electrons. The van der Waals surface area contributed by atoms with E-state index in [1.54, 1.807) is 0 Å². The van der Waals surface area contributed by atoms with E-state index in [-0.39, 0.29) is 0 Å². The summed E-state index contributed by atoms with van der Waals surface area (Å²) >= 11 is 10.3. The van der Waals surface area contributed by atoms with Crippen molar-refractivity contribution in [3.05, 3.63) is 37.3 Å². The van der Waals surface area contributed by atoms with Crippen molar-refractivity contribution < 1.29 is 0 Å². The Balaban J connectivity index is 2.69. The number of hydrogen-bond donors (Lipinski definition) is 1. The van der Waals surface area contributed by atoms with Gasteiger partial charge in [0.2, 0.25) is 0 Å². The number of aromatic nitrogens is 2. The predicted octanol–water partition coefficient (Wildman–Crippen LogP) is 3.61. The molecule has 0 unspecified atom stereocenters. The van der Waals surface area contributed by atoms with Crippen LogP contribution in [-0.2, 0) is 0 Å². The molecule has 1 aromatic carbocycles. The van der Waals surface area contributed by atoms with Crippen molar-refractivity contribution in [2.24, 2.45) is 0 Å². The van der Waals surface area contributed by atoms with Crippen LogP contribution in [0.15, 0.2) is 31.7 Å². The molecule has 2 rings (SSSR count). The third-order valence-electron chi connectivity index (χ3n) is 2.12. The number of anilines is 1. The average Bonchev–Trinajstić information content (AvgIpc) is 2.59. The molecule has 4 nitrogen and oxygen atoms in total. The van der Waals surface area contributed by atoms with Crippen LogP contribution in [0.5, 0.6) is 0 Å². The van der Waals surface area contributed by atoms with Gasteiger partial charge >= 0.3 is 0 Å². The molecule has 0 bridgehead atoms. The van der Waals surface area contributed by atoms with Gasteiger partial charge in [0.25, 0.3) is 0 Å². The second-order valence-corrected chi connectivity index (χ2v) is 5.81. The Labute approximate surface area is 123 Å². The monoisotopic (exact) mass is 418 g/mol. The van der Waals surface area contributed by atoms with Crippen molar-refractivity contribution in [3.63, 3.8) is 0 Å². The van der Waals surface area contributed by atoms with Crippen LogP contribution in [-0.4, -0.2) is 9.78 Å². The summed E-state index contributed by atoms with van der Waals surface area (Å²) in [4.78, 5) is 0. The molecule has 0 saturated carbocycles. The highest BCUT2D eigenvalue weighted by molar-refractivity contribution is 9.11. The minimum atomic E-state index is 0.316. The smallest absolute Gasteiger partial charge is 0.145 e. The molecule has 0 amide bonds. The molecule has 0 aliphatic rings. The fraction of sp³-hybridized carbons (Fsp3) is 0. The van der Waals surface area contributed by atoms with E-state index in [9.17, 15) is 0 Å². The van der Waals surface area contributed by atoms with Crippen LogP contribution in [0.4, 0.5) is 5.82 Å². The molecule has 7 heteroatoms. The quantitative estimate of drug-likeness (QED) is 0.766. The van der Waals surface area contributed by atoms with Crippen LogP contribution in [0.1, 0.15) is 5.56 Å². The van der Waals surface area contributed by atoms with Crippen molar-refractivity contribution in [2.45, 2.75) is 0 Å². The summed E-state index contributed by atoms with van der Waals surface area (Å²) in [6.07, 6.45) is 1.44. The van der Waals surface area contributed by atoms with Gasteiger partial charge in [0, 0.05) is 13.4 Å². The zero-order valence-corrected chi connectivity index (χ0v) is 13.0. The van der Waals surface area contributed by atoms with Gasteiger partial charge in [-0.05, 0) is 44.0 Å². The second kappa shape index (κ2) is 4.80. The lowest BCUT2D eigenvalue weighted by Gasteiger charge is -2.09. The van der Waals surface area contributed by atoms with Crippen LogP contribution >= 0.6 is 47.8 Å². The van der Waals surface area contributed by atoms with E-state index in [1.807, 2.05) is 18.2 Å². The third kappa shape index (κ3) is 2.25. The molecule has 1 heterocycles. The first-order valence-corrected chi connectivity index (χ1v) is 6.81. The number of halogens is 3. The van der Waals surface area contributed by atoms with Crippen LogP contribution in [0.3, 0.4) is 0 Å². The lowest BCUT2D eigenvalue weighted by molar-refractivity contribution is 0.882. The number of nitrogens with two attached hydrogens (primary N) is 1. The zero-order valence-electron chi connectivity index (χ0n) is 8.28. The van der Waals surface area contributed by atoms with Crippen molar-refractivity contribution in [3.8, 4) is 11.8 Å². The first-order valence-electron chi connectivity index (χ1n) is 4.43. The van der Waals surface area contributed by atoms with Gasteiger partial charge in [0.1, 0.15) is 17.5 Å². The number of nitrogens with zero attached hydrogens (tertiary/aromatic N) is 3.